The number of carbonyl (C=O) groups excluding carboxylic acids is 1. The van der Waals surface area contributed by atoms with Crippen LogP contribution in [0.2, 0.25) is 0 Å². The van der Waals surface area contributed by atoms with Crippen molar-refractivity contribution in [2.75, 3.05) is 31.1 Å². The predicted molar refractivity (Wildman–Crippen MR) is 119 cm³/mol. The molecule has 0 unspecified atom stereocenters. The highest BCUT2D eigenvalue weighted by atomic mass is 32.2. The van der Waals surface area contributed by atoms with E-state index in [1.807, 2.05) is 12.1 Å². The number of nitrogens with zero attached hydrogens (tertiary/aromatic N) is 1. The fourth-order valence-corrected chi connectivity index (χ4v) is 4.35. The lowest BCUT2D eigenvalue weighted by Crippen LogP contribution is -2.41. The second kappa shape index (κ2) is 10.5. The molecule has 8 heteroatoms. The second-order valence-electron chi connectivity index (χ2n) is 6.51. The molecule has 0 fully saturated rings. The van der Waals surface area contributed by atoms with E-state index in [0.717, 1.165) is 4.31 Å². The lowest BCUT2D eigenvalue weighted by atomic mass is 10.3. The summed E-state index contributed by atoms with van der Waals surface area (Å²) in [4.78, 5) is 12.7. The maximum Gasteiger partial charge on any atom is 0.264 e. The molecular formula is C23H24N2O5S. The van der Waals surface area contributed by atoms with Crippen LogP contribution in [-0.2, 0) is 14.8 Å². The van der Waals surface area contributed by atoms with Gasteiger partial charge in [0.05, 0.1) is 24.2 Å². The molecule has 0 bridgehead atoms. The number of hydrogen-bond acceptors (Lipinski definition) is 5. The Balaban J connectivity index is 1.65. The number of anilines is 1. The van der Waals surface area contributed by atoms with Gasteiger partial charge in [0.15, 0.2) is 11.5 Å². The number of carbonyl (C=O) groups is 1. The molecule has 0 spiro atoms. The van der Waals surface area contributed by atoms with Crippen LogP contribution in [0.4, 0.5) is 5.69 Å². The smallest absolute Gasteiger partial charge is 0.264 e. The van der Waals surface area contributed by atoms with E-state index in [4.69, 9.17) is 9.47 Å². The minimum Gasteiger partial charge on any atom is -0.493 e. The first-order valence-corrected chi connectivity index (χ1v) is 11.1. The lowest BCUT2D eigenvalue weighted by Gasteiger charge is -2.24. The number of benzene rings is 3. The molecule has 0 saturated heterocycles. The summed E-state index contributed by atoms with van der Waals surface area (Å²) in [5, 5.41) is 2.70. The summed E-state index contributed by atoms with van der Waals surface area (Å²) in [5.41, 5.74) is 0.409. The normalized spacial score (nSPS) is 10.9. The van der Waals surface area contributed by atoms with Crippen molar-refractivity contribution in [3.63, 3.8) is 0 Å². The van der Waals surface area contributed by atoms with Crippen molar-refractivity contribution in [1.82, 2.24) is 5.32 Å². The number of sulfonamides is 1. The first-order valence-electron chi connectivity index (χ1n) is 9.67. The summed E-state index contributed by atoms with van der Waals surface area (Å²) in [6, 6.07) is 23.8. The maximum absolute atomic E-state index is 13.2. The van der Waals surface area contributed by atoms with Gasteiger partial charge in [-0.05, 0) is 36.4 Å². The van der Waals surface area contributed by atoms with Crippen LogP contribution in [0.15, 0.2) is 89.8 Å². The Morgan fingerprint density at radius 1 is 0.871 bits per heavy atom. The third kappa shape index (κ3) is 5.76. The average molecular weight is 441 g/mol. The molecule has 0 aliphatic rings. The largest absolute Gasteiger partial charge is 0.493 e. The van der Waals surface area contributed by atoms with Crippen molar-refractivity contribution in [3.8, 4) is 11.5 Å². The van der Waals surface area contributed by atoms with Crippen LogP contribution in [0, 0.1) is 0 Å². The molecule has 3 rings (SSSR count). The van der Waals surface area contributed by atoms with Crippen LogP contribution >= 0.6 is 0 Å². The molecule has 162 valence electrons. The van der Waals surface area contributed by atoms with E-state index in [1.54, 1.807) is 67.8 Å². The first kappa shape index (κ1) is 22.2. The highest BCUT2D eigenvalue weighted by Gasteiger charge is 2.26. The van der Waals surface area contributed by atoms with E-state index < -0.39 is 15.9 Å². The van der Waals surface area contributed by atoms with Crippen LogP contribution < -0.4 is 19.1 Å². The summed E-state index contributed by atoms with van der Waals surface area (Å²) >= 11 is 0. The van der Waals surface area contributed by atoms with Crippen molar-refractivity contribution in [3.05, 3.63) is 84.9 Å². The molecule has 31 heavy (non-hydrogen) atoms. The molecule has 1 N–H and O–H groups in total. The molecule has 3 aromatic carbocycles. The number of ether oxygens (including phenoxy) is 2. The van der Waals surface area contributed by atoms with E-state index in [0.29, 0.717) is 17.2 Å². The first-order chi connectivity index (χ1) is 15.0. The van der Waals surface area contributed by atoms with E-state index in [9.17, 15) is 13.2 Å². The number of amides is 1. The molecule has 0 heterocycles. The van der Waals surface area contributed by atoms with E-state index in [1.165, 1.54) is 12.1 Å². The SMILES string of the molecule is COc1ccccc1OCCNC(=O)CN(c1ccccc1)S(=O)(=O)c1ccccc1. The van der Waals surface area contributed by atoms with Crippen molar-refractivity contribution < 1.29 is 22.7 Å². The van der Waals surface area contributed by atoms with Crippen molar-refractivity contribution >= 4 is 21.6 Å². The number of rotatable bonds is 10. The zero-order chi connectivity index (χ0) is 22.1. The Morgan fingerprint density at radius 2 is 1.45 bits per heavy atom. The molecular weight excluding hydrogens is 416 g/mol. The van der Waals surface area contributed by atoms with Gasteiger partial charge in [0.1, 0.15) is 13.2 Å². The van der Waals surface area contributed by atoms with Gasteiger partial charge in [-0.15, -0.1) is 0 Å². The van der Waals surface area contributed by atoms with Gasteiger partial charge in [-0.25, -0.2) is 8.42 Å². The molecule has 0 radical (unpaired) electrons. The van der Waals surface area contributed by atoms with Gasteiger partial charge >= 0.3 is 0 Å². The molecule has 0 aromatic heterocycles. The van der Waals surface area contributed by atoms with E-state index in [2.05, 4.69) is 5.32 Å². The van der Waals surface area contributed by atoms with E-state index >= 15 is 0 Å². The highest BCUT2D eigenvalue weighted by molar-refractivity contribution is 7.92. The topological polar surface area (TPSA) is 84.9 Å². The molecule has 7 nitrogen and oxygen atoms in total. The molecule has 0 atom stereocenters. The number of hydrogen-bond donors (Lipinski definition) is 1. The third-order valence-electron chi connectivity index (χ3n) is 4.41. The van der Waals surface area contributed by atoms with Gasteiger partial charge < -0.3 is 14.8 Å². The molecule has 0 aliphatic heterocycles. The molecule has 1 amide bonds. The fourth-order valence-electron chi connectivity index (χ4n) is 2.90. The zero-order valence-electron chi connectivity index (χ0n) is 17.1. The molecule has 0 aliphatic carbocycles. The van der Waals surface area contributed by atoms with Gasteiger partial charge in [0, 0.05) is 0 Å². The Kier molecular flexibility index (Phi) is 7.50. The minimum atomic E-state index is -3.91. The summed E-state index contributed by atoms with van der Waals surface area (Å²) < 4.78 is 38.3. The number of para-hydroxylation sites is 3. The predicted octanol–water partition coefficient (Wildman–Crippen LogP) is 3.09. The Labute approximate surface area is 182 Å². The number of nitrogens with one attached hydrogen (secondary N) is 1. The Bertz CT molecular complexity index is 1090. The third-order valence-corrected chi connectivity index (χ3v) is 6.20. The highest BCUT2D eigenvalue weighted by Crippen LogP contribution is 2.25. The Morgan fingerprint density at radius 3 is 2.10 bits per heavy atom. The summed E-state index contributed by atoms with van der Waals surface area (Å²) in [6.45, 7) is 0.0731. The molecule has 3 aromatic rings. The molecule has 0 saturated carbocycles. The van der Waals surface area contributed by atoms with E-state index in [-0.39, 0.29) is 24.6 Å². The average Bonchev–Trinajstić information content (AvgIpc) is 2.81. The monoisotopic (exact) mass is 440 g/mol. The van der Waals surface area contributed by atoms with Crippen molar-refractivity contribution in [2.24, 2.45) is 0 Å². The van der Waals surface area contributed by atoms with Crippen LogP contribution in [-0.4, -0.2) is 41.1 Å². The van der Waals surface area contributed by atoms with Gasteiger partial charge in [-0.2, -0.15) is 0 Å². The van der Waals surface area contributed by atoms with Crippen LogP contribution in [0.3, 0.4) is 0 Å². The number of methoxy groups -OCH3 is 1. The zero-order valence-corrected chi connectivity index (χ0v) is 17.9. The van der Waals surface area contributed by atoms with Crippen LogP contribution in [0.5, 0.6) is 11.5 Å². The van der Waals surface area contributed by atoms with Crippen molar-refractivity contribution in [2.45, 2.75) is 4.90 Å². The van der Waals surface area contributed by atoms with Crippen molar-refractivity contribution in [1.29, 1.82) is 0 Å². The second-order valence-corrected chi connectivity index (χ2v) is 8.37. The Hall–Kier alpha value is -3.52. The van der Waals surface area contributed by atoms with Crippen LogP contribution in [0.25, 0.3) is 0 Å². The maximum atomic E-state index is 13.2. The summed E-state index contributed by atoms with van der Waals surface area (Å²) in [7, 11) is -2.36. The fraction of sp³-hybridized carbons (Fsp3) is 0.174. The quantitative estimate of drug-likeness (QED) is 0.490. The summed E-state index contributed by atoms with van der Waals surface area (Å²) in [5.74, 6) is 0.724. The van der Waals surface area contributed by atoms with Crippen LogP contribution in [0.1, 0.15) is 0 Å². The van der Waals surface area contributed by atoms with Gasteiger partial charge in [-0.3, -0.25) is 9.10 Å². The van der Waals surface area contributed by atoms with Gasteiger partial charge in [0.25, 0.3) is 10.0 Å². The standard InChI is InChI=1S/C23H24N2O5S/c1-29-21-14-8-9-15-22(21)30-17-16-24-23(26)18-25(19-10-4-2-5-11-19)31(27,28)20-12-6-3-7-13-20/h2-15H,16-18H2,1H3,(H,24,26). The summed E-state index contributed by atoms with van der Waals surface area (Å²) in [6.07, 6.45) is 0. The minimum absolute atomic E-state index is 0.117. The van der Waals surface area contributed by atoms with Gasteiger partial charge in [0.2, 0.25) is 5.91 Å². The lowest BCUT2D eigenvalue weighted by molar-refractivity contribution is -0.119. The van der Waals surface area contributed by atoms with Gasteiger partial charge in [-0.1, -0.05) is 48.5 Å².